The van der Waals surface area contributed by atoms with Gasteiger partial charge in [0.25, 0.3) is 5.22 Å². The average molecular weight is 370 g/mol. The number of carbonyl (C=O) groups excluding carboxylic acids is 1. The molecule has 0 fully saturated rings. The first-order valence-corrected chi connectivity index (χ1v) is 8.12. The lowest BCUT2D eigenvalue weighted by atomic mass is 10.1. The second kappa shape index (κ2) is 7.12. The minimum absolute atomic E-state index is 0.131. The lowest BCUT2D eigenvalue weighted by Gasteiger charge is -2.02. The van der Waals surface area contributed by atoms with Crippen LogP contribution in [0.5, 0.6) is 0 Å². The van der Waals surface area contributed by atoms with Gasteiger partial charge in [-0.05, 0) is 18.2 Å². The molecule has 0 atom stereocenters. The van der Waals surface area contributed by atoms with Gasteiger partial charge in [0, 0.05) is 10.6 Å². The van der Waals surface area contributed by atoms with Crippen molar-refractivity contribution in [3.63, 3.8) is 0 Å². The van der Waals surface area contributed by atoms with Crippen LogP contribution in [0, 0.1) is 0 Å². The Morgan fingerprint density at radius 2 is 2.17 bits per heavy atom. The largest absolute Gasteiger partial charge is 0.414 e. The molecule has 0 aliphatic rings. The Morgan fingerprint density at radius 3 is 2.91 bits per heavy atom. The molecule has 0 saturated heterocycles. The van der Waals surface area contributed by atoms with Crippen molar-refractivity contribution in [1.29, 1.82) is 0 Å². The summed E-state index contributed by atoms with van der Waals surface area (Å²) in [5, 5.41) is 12.8. The molecule has 7 nitrogen and oxygen atoms in total. The first kappa shape index (κ1) is 16.0. The fourth-order valence-corrected chi connectivity index (χ4v) is 2.91. The van der Waals surface area contributed by atoms with E-state index in [2.05, 4.69) is 20.3 Å². The van der Waals surface area contributed by atoms with Gasteiger partial charge < -0.3 is 4.42 Å². The van der Waals surface area contributed by atoms with Crippen LogP contribution in [0.1, 0.15) is 16.2 Å². The highest BCUT2D eigenvalue weighted by molar-refractivity contribution is 7.99. The van der Waals surface area contributed by atoms with Gasteiger partial charge in [-0.25, -0.2) is 9.67 Å². The predicted octanol–water partition coefficient (Wildman–Crippen LogP) is 2.99. The van der Waals surface area contributed by atoms with E-state index in [4.69, 9.17) is 27.6 Å². The molecular formula is C13H9Cl2N5O2S. The van der Waals surface area contributed by atoms with Crippen LogP contribution in [-0.2, 0) is 6.54 Å². The highest BCUT2D eigenvalue weighted by Crippen LogP contribution is 2.24. The van der Waals surface area contributed by atoms with Gasteiger partial charge in [-0.3, -0.25) is 4.79 Å². The van der Waals surface area contributed by atoms with Crippen molar-refractivity contribution in [2.24, 2.45) is 0 Å². The normalized spacial score (nSPS) is 10.9. The zero-order valence-electron chi connectivity index (χ0n) is 11.5. The van der Waals surface area contributed by atoms with Crippen molar-refractivity contribution in [3.8, 4) is 0 Å². The molecule has 0 bridgehead atoms. The first-order valence-electron chi connectivity index (χ1n) is 6.37. The molecule has 0 N–H and O–H groups in total. The Morgan fingerprint density at radius 1 is 1.30 bits per heavy atom. The van der Waals surface area contributed by atoms with Crippen LogP contribution in [0.15, 0.2) is 40.5 Å². The first-order chi connectivity index (χ1) is 11.1. The van der Waals surface area contributed by atoms with Crippen LogP contribution in [0.4, 0.5) is 0 Å². The molecule has 10 heteroatoms. The Balaban J connectivity index is 1.60. The summed E-state index contributed by atoms with van der Waals surface area (Å²) in [6.45, 7) is 0.324. The van der Waals surface area contributed by atoms with Gasteiger partial charge >= 0.3 is 0 Å². The molecule has 118 valence electrons. The molecule has 23 heavy (non-hydrogen) atoms. The van der Waals surface area contributed by atoms with Gasteiger partial charge in [-0.2, -0.15) is 5.10 Å². The number of hydrogen-bond donors (Lipinski definition) is 0. The number of aromatic nitrogens is 5. The van der Waals surface area contributed by atoms with Crippen molar-refractivity contribution in [2.45, 2.75) is 11.8 Å². The molecule has 2 aromatic heterocycles. The average Bonchev–Trinajstić information content (AvgIpc) is 3.17. The molecule has 0 saturated carbocycles. The topological polar surface area (TPSA) is 86.7 Å². The molecule has 0 spiro atoms. The van der Waals surface area contributed by atoms with Gasteiger partial charge in [0.1, 0.15) is 19.2 Å². The maximum Gasteiger partial charge on any atom is 0.277 e. The van der Waals surface area contributed by atoms with E-state index in [0.29, 0.717) is 33.3 Å². The molecule has 0 aliphatic carbocycles. The monoisotopic (exact) mass is 369 g/mol. The van der Waals surface area contributed by atoms with Crippen molar-refractivity contribution in [3.05, 3.63) is 52.4 Å². The van der Waals surface area contributed by atoms with E-state index in [1.165, 1.54) is 12.4 Å². The van der Waals surface area contributed by atoms with E-state index in [1.807, 2.05) is 0 Å². The lowest BCUT2D eigenvalue weighted by Crippen LogP contribution is -2.03. The quantitative estimate of drug-likeness (QED) is 0.487. The number of thioether (sulfide) groups is 1. The molecular weight excluding hydrogens is 361 g/mol. The fourth-order valence-electron chi connectivity index (χ4n) is 1.73. The Labute approximate surface area is 145 Å². The number of hydrogen-bond acceptors (Lipinski definition) is 7. The molecule has 2 heterocycles. The molecule has 0 radical (unpaired) electrons. The molecule has 0 unspecified atom stereocenters. The lowest BCUT2D eigenvalue weighted by molar-refractivity contribution is 0.102. The molecule has 1 aromatic carbocycles. The van der Waals surface area contributed by atoms with Gasteiger partial charge in [-0.1, -0.05) is 35.0 Å². The molecule has 0 aliphatic heterocycles. The number of Topliss-reactive ketones (excluding diaryl/α,β-unsaturated/α-hetero) is 1. The SMILES string of the molecule is O=C(CSc1nnc(Cn2cncn2)o1)c1ccc(Cl)cc1Cl. The van der Waals surface area contributed by atoms with Gasteiger partial charge in [0.2, 0.25) is 5.89 Å². The van der Waals surface area contributed by atoms with E-state index in [9.17, 15) is 4.79 Å². The number of nitrogens with zero attached hydrogens (tertiary/aromatic N) is 5. The van der Waals surface area contributed by atoms with Crippen molar-refractivity contribution in [2.75, 3.05) is 5.75 Å². The predicted molar refractivity (Wildman–Crippen MR) is 84.9 cm³/mol. The summed E-state index contributed by atoms with van der Waals surface area (Å²) in [5.41, 5.74) is 0.408. The van der Waals surface area contributed by atoms with Crippen LogP contribution in [-0.4, -0.2) is 36.5 Å². The van der Waals surface area contributed by atoms with Gasteiger partial charge in [0.05, 0.1) is 10.8 Å². The maximum atomic E-state index is 12.2. The van der Waals surface area contributed by atoms with E-state index in [1.54, 1.807) is 23.1 Å². The van der Waals surface area contributed by atoms with Crippen molar-refractivity contribution >= 4 is 40.7 Å². The molecule has 0 amide bonds. The van der Waals surface area contributed by atoms with Crippen LogP contribution < -0.4 is 0 Å². The summed E-state index contributed by atoms with van der Waals surface area (Å²) in [5.74, 6) is 0.370. The standard InChI is InChI=1S/C13H9Cl2N5O2S/c14-8-1-2-9(10(15)3-8)11(21)5-23-13-19-18-12(22-13)4-20-7-16-6-17-20/h1-3,6-7H,4-5H2. The number of halogens is 2. The van der Waals surface area contributed by atoms with Crippen LogP contribution in [0.3, 0.4) is 0 Å². The zero-order valence-corrected chi connectivity index (χ0v) is 13.8. The van der Waals surface area contributed by atoms with Crippen LogP contribution in [0.2, 0.25) is 10.0 Å². The minimum atomic E-state index is -0.146. The number of carbonyl (C=O) groups is 1. The second-order valence-corrected chi connectivity index (χ2v) is 6.16. The Bertz CT molecular complexity index is 822. The van der Waals surface area contributed by atoms with Crippen molar-refractivity contribution in [1.82, 2.24) is 25.0 Å². The third kappa shape index (κ3) is 4.10. The number of rotatable bonds is 6. The van der Waals surface area contributed by atoms with E-state index in [0.717, 1.165) is 11.8 Å². The highest BCUT2D eigenvalue weighted by Gasteiger charge is 2.14. The summed E-state index contributed by atoms with van der Waals surface area (Å²) in [6.07, 6.45) is 2.96. The Kier molecular flexibility index (Phi) is 4.94. The molecule has 3 aromatic rings. The number of ketones is 1. The van der Waals surface area contributed by atoms with Gasteiger partial charge in [0.15, 0.2) is 5.78 Å². The van der Waals surface area contributed by atoms with Crippen LogP contribution in [0.25, 0.3) is 0 Å². The van der Waals surface area contributed by atoms with E-state index < -0.39 is 0 Å². The highest BCUT2D eigenvalue weighted by atomic mass is 35.5. The smallest absolute Gasteiger partial charge is 0.277 e. The second-order valence-electron chi connectivity index (χ2n) is 4.39. The fraction of sp³-hybridized carbons (Fsp3) is 0.154. The summed E-state index contributed by atoms with van der Waals surface area (Å²) in [4.78, 5) is 16.0. The summed E-state index contributed by atoms with van der Waals surface area (Å²) in [6, 6.07) is 4.75. The number of benzene rings is 1. The van der Waals surface area contributed by atoms with E-state index in [-0.39, 0.29) is 11.5 Å². The maximum absolute atomic E-state index is 12.2. The third-order valence-electron chi connectivity index (χ3n) is 2.77. The minimum Gasteiger partial charge on any atom is -0.414 e. The van der Waals surface area contributed by atoms with Crippen LogP contribution >= 0.6 is 35.0 Å². The third-order valence-corrected chi connectivity index (χ3v) is 4.14. The van der Waals surface area contributed by atoms with Gasteiger partial charge in [-0.15, -0.1) is 10.2 Å². The van der Waals surface area contributed by atoms with E-state index >= 15 is 0 Å². The Hall–Kier alpha value is -1.90. The summed E-state index contributed by atoms with van der Waals surface area (Å²) >= 11 is 13.0. The summed E-state index contributed by atoms with van der Waals surface area (Å²) < 4.78 is 6.99. The zero-order chi connectivity index (χ0) is 16.2. The summed E-state index contributed by atoms with van der Waals surface area (Å²) in [7, 11) is 0. The molecule has 3 rings (SSSR count). The van der Waals surface area contributed by atoms with Crippen molar-refractivity contribution < 1.29 is 9.21 Å².